The van der Waals surface area contributed by atoms with Gasteiger partial charge in [0.15, 0.2) is 6.23 Å². The van der Waals surface area contributed by atoms with Gasteiger partial charge in [-0.3, -0.25) is 4.79 Å². The fourth-order valence-electron chi connectivity index (χ4n) is 3.70. The first kappa shape index (κ1) is 17.7. The van der Waals surface area contributed by atoms with Gasteiger partial charge in [0.25, 0.3) is 0 Å². The Balaban J connectivity index is 1.47. The van der Waals surface area contributed by atoms with Crippen molar-refractivity contribution in [3.8, 4) is 0 Å². The molecule has 1 aliphatic carbocycles. The second kappa shape index (κ2) is 6.93. The number of aromatic nitrogens is 4. The summed E-state index contributed by atoms with van der Waals surface area (Å²) in [7, 11) is 0. The molecule has 1 amide bonds. The lowest BCUT2D eigenvalue weighted by Crippen LogP contribution is -2.36. The van der Waals surface area contributed by atoms with Gasteiger partial charge < -0.3 is 15.3 Å². The van der Waals surface area contributed by atoms with E-state index in [-0.39, 0.29) is 18.3 Å². The highest BCUT2D eigenvalue weighted by Gasteiger charge is 2.34. The Morgan fingerprint density at radius 1 is 1.28 bits per heavy atom. The second-order valence-electron chi connectivity index (χ2n) is 7.29. The molecule has 1 unspecified atom stereocenters. The van der Waals surface area contributed by atoms with Crippen LogP contribution in [-0.2, 0) is 4.79 Å². The first-order valence-electron chi connectivity index (χ1n) is 9.51. The Morgan fingerprint density at radius 2 is 2.14 bits per heavy atom. The number of aliphatic hydroxyl groups excluding tert-OH is 1. The quantitative estimate of drug-likeness (QED) is 0.706. The molecule has 0 saturated heterocycles. The summed E-state index contributed by atoms with van der Waals surface area (Å²) >= 11 is 0. The average molecular weight is 394 g/mol. The van der Waals surface area contributed by atoms with Gasteiger partial charge in [-0.05, 0) is 37.1 Å². The fourth-order valence-corrected chi connectivity index (χ4v) is 3.70. The Morgan fingerprint density at radius 3 is 2.86 bits per heavy atom. The molecule has 1 saturated carbocycles. The van der Waals surface area contributed by atoms with E-state index in [1.807, 2.05) is 6.07 Å². The lowest BCUT2D eigenvalue weighted by atomic mass is 9.83. The summed E-state index contributed by atoms with van der Waals surface area (Å²) in [5.41, 5.74) is 1.50. The van der Waals surface area contributed by atoms with Crippen molar-refractivity contribution in [3.05, 3.63) is 59.8 Å². The van der Waals surface area contributed by atoms with Crippen molar-refractivity contribution in [2.24, 2.45) is 0 Å². The van der Waals surface area contributed by atoms with Gasteiger partial charge in [0.2, 0.25) is 5.91 Å². The third kappa shape index (κ3) is 3.13. The second-order valence-corrected chi connectivity index (χ2v) is 7.29. The van der Waals surface area contributed by atoms with Gasteiger partial charge in [0, 0.05) is 23.7 Å². The van der Waals surface area contributed by atoms with Crippen molar-refractivity contribution in [2.45, 2.75) is 31.4 Å². The lowest BCUT2D eigenvalue weighted by Gasteiger charge is -2.32. The molecule has 0 radical (unpaired) electrons. The average Bonchev–Trinajstić information content (AvgIpc) is 3.10. The topological polar surface area (TPSA) is 96.2 Å². The van der Waals surface area contributed by atoms with Crippen LogP contribution in [0.25, 0.3) is 0 Å². The summed E-state index contributed by atoms with van der Waals surface area (Å²) in [5, 5.41) is 18.1. The zero-order valence-corrected chi connectivity index (χ0v) is 15.5. The first-order valence-corrected chi connectivity index (χ1v) is 9.51. The van der Waals surface area contributed by atoms with E-state index < -0.39 is 12.0 Å². The van der Waals surface area contributed by atoms with Crippen molar-refractivity contribution in [1.29, 1.82) is 0 Å². The Kier molecular flexibility index (Phi) is 4.24. The van der Waals surface area contributed by atoms with Gasteiger partial charge in [-0.1, -0.05) is 6.42 Å². The molecule has 148 valence electrons. The number of aliphatic hydroxyl groups is 1. The largest absolute Gasteiger partial charge is 0.368 e. The van der Waals surface area contributed by atoms with Crippen molar-refractivity contribution >= 4 is 23.4 Å². The molecular formula is C20H19FN6O2. The molecule has 3 aromatic heterocycles. The molecule has 4 heterocycles. The van der Waals surface area contributed by atoms with Crippen molar-refractivity contribution < 1.29 is 14.3 Å². The van der Waals surface area contributed by atoms with Gasteiger partial charge in [-0.2, -0.15) is 5.10 Å². The molecule has 29 heavy (non-hydrogen) atoms. The Labute approximate surface area is 166 Å². The van der Waals surface area contributed by atoms with Crippen LogP contribution >= 0.6 is 0 Å². The molecule has 8 nitrogen and oxygen atoms in total. The maximum absolute atomic E-state index is 13.0. The van der Waals surface area contributed by atoms with E-state index in [0.717, 1.165) is 24.7 Å². The van der Waals surface area contributed by atoms with E-state index >= 15 is 0 Å². The summed E-state index contributed by atoms with van der Waals surface area (Å²) < 4.78 is 14.6. The normalized spacial score (nSPS) is 18.0. The number of carbonyl (C=O) groups is 1. The molecule has 1 aliphatic heterocycles. The van der Waals surface area contributed by atoms with Crippen LogP contribution in [0, 0.1) is 5.82 Å². The number of rotatable bonds is 4. The number of hydrogen-bond donors (Lipinski definition) is 2. The minimum absolute atomic E-state index is 0.0500. The molecule has 2 aliphatic rings. The van der Waals surface area contributed by atoms with Crippen LogP contribution in [0.3, 0.4) is 0 Å². The summed E-state index contributed by atoms with van der Waals surface area (Å²) in [6, 6.07) is 8.07. The fraction of sp³-hybridized carbons (Fsp3) is 0.300. The molecule has 5 rings (SSSR count). The summed E-state index contributed by atoms with van der Waals surface area (Å²) in [4.78, 5) is 22.6. The van der Waals surface area contributed by atoms with E-state index in [1.165, 1.54) is 18.6 Å². The molecule has 0 spiro atoms. The smallest absolute Gasteiger partial charge is 0.245 e. The van der Waals surface area contributed by atoms with Crippen LogP contribution < -0.4 is 10.2 Å². The number of halogens is 1. The van der Waals surface area contributed by atoms with Crippen LogP contribution in [0.2, 0.25) is 0 Å². The van der Waals surface area contributed by atoms with Crippen LogP contribution in [0.1, 0.15) is 42.7 Å². The highest BCUT2D eigenvalue weighted by molar-refractivity contribution is 5.94. The van der Waals surface area contributed by atoms with Gasteiger partial charge in [0.05, 0.1) is 11.9 Å². The molecule has 1 fully saturated rings. The van der Waals surface area contributed by atoms with Crippen molar-refractivity contribution in [3.63, 3.8) is 0 Å². The molecule has 2 N–H and O–H groups in total. The highest BCUT2D eigenvalue weighted by Crippen LogP contribution is 2.42. The maximum atomic E-state index is 13.0. The zero-order chi connectivity index (χ0) is 20.0. The summed E-state index contributed by atoms with van der Waals surface area (Å²) in [5.74, 6) is 0.963. The molecule has 0 bridgehead atoms. The summed E-state index contributed by atoms with van der Waals surface area (Å²) in [6.07, 6.45) is 5.04. The number of pyridine rings is 2. The standard InChI is InChI=1S/C20H19FN6O2/c21-13-6-7-16(23-10-13)24-17(28)11-26-18-9-15(12-3-1-4-12)25-27(18)20(29)14-5-2-8-22-19(14)26/h2,5-10,12,20,29H,1,3-4,11H2,(H,23,24,28). The monoisotopic (exact) mass is 394 g/mol. The minimum Gasteiger partial charge on any atom is -0.368 e. The zero-order valence-electron chi connectivity index (χ0n) is 15.5. The Bertz CT molecular complexity index is 1060. The van der Waals surface area contributed by atoms with E-state index in [1.54, 1.807) is 27.9 Å². The molecular weight excluding hydrogens is 375 g/mol. The number of hydrogen-bond acceptors (Lipinski definition) is 6. The van der Waals surface area contributed by atoms with Gasteiger partial charge >= 0.3 is 0 Å². The lowest BCUT2D eigenvalue weighted by molar-refractivity contribution is -0.114. The summed E-state index contributed by atoms with van der Waals surface area (Å²) in [6.45, 7) is -0.0500. The number of amides is 1. The number of carbonyl (C=O) groups excluding carboxylic acids is 1. The van der Waals surface area contributed by atoms with Crippen molar-refractivity contribution in [1.82, 2.24) is 19.7 Å². The third-order valence-electron chi connectivity index (χ3n) is 5.41. The van der Waals surface area contributed by atoms with Crippen LogP contribution in [-0.4, -0.2) is 37.3 Å². The van der Waals surface area contributed by atoms with Gasteiger partial charge in [-0.15, -0.1) is 0 Å². The first-order chi connectivity index (χ1) is 14.1. The Hall–Kier alpha value is -3.33. The predicted octanol–water partition coefficient (Wildman–Crippen LogP) is 2.71. The SMILES string of the molecule is O=C(CN1c2ncccc2C(O)n2nc(C3CCC3)cc21)Nc1ccc(F)cn1. The maximum Gasteiger partial charge on any atom is 0.245 e. The molecule has 0 aromatic carbocycles. The number of nitrogens with zero attached hydrogens (tertiary/aromatic N) is 5. The third-order valence-corrected chi connectivity index (χ3v) is 5.41. The molecule has 3 aromatic rings. The minimum atomic E-state index is -0.958. The van der Waals surface area contributed by atoms with E-state index in [0.29, 0.717) is 23.1 Å². The number of anilines is 3. The van der Waals surface area contributed by atoms with E-state index in [2.05, 4.69) is 20.4 Å². The molecule has 9 heteroatoms. The molecule has 1 atom stereocenters. The predicted molar refractivity (Wildman–Crippen MR) is 103 cm³/mol. The van der Waals surface area contributed by atoms with E-state index in [4.69, 9.17) is 0 Å². The van der Waals surface area contributed by atoms with Crippen LogP contribution in [0.4, 0.5) is 21.8 Å². The van der Waals surface area contributed by atoms with E-state index in [9.17, 15) is 14.3 Å². The van der Waals surface area contributed by atoms with Crippen LogP contribution in [0.5, 0.6) is 0 Å². The van der Waals surface area contributed by atoms with Crippen LogP contribution in [0.15, 0.2) is 42.7 Å². The van der Waals surface area contributed by atoms with Gasteiger partial charge in [0.1, 0.15) is 29.8 Å². The number of nitrogens with one attached hydrogen (secondary N) is 1. The van der Waals surface area contributed by atoms with Gasteiger partial charge in [-0.25, -0.2) is 19.0 Å². The number of fused-ring (bicyclic) bond motifs is 2. The van der Waals surface area contributed by atoms with Crippen molar-refractivity contribution in [2.75, 3.05) is 16.8 Å². The highest BCUT2D eigenvalue weighted by atomic mass is 19.1.